The lowest BCUT2D eigenvalue weighted by atomic mass is 9.80. The first-order valence-electron chi connectivity index (χ1n) is 5.78. The summed E-state index contributed by atoms with van der Waals surface area (Å²) >= 11 is 3.37. The van der Waals surface area contributed by atoms with Crippen molar-refractivity contribution in [1.82, 2.24) is 0 Å². The number of benzene rings is 1. The number of hydrogen-bond donors (Lipinski definition) is 1. The largest absolute Gasteiger partial charge is 0.381 e. The summed E-state index contributed by atoms with van der Waals surface area (Å²) in [6, 6.07) is 5.25. The van der Waals surface area contributed by atoms with Gasteiger partial charge in [-0.1, -0.05) is 6.42 Å². The molecule has 1 aliphatic rings. The van der Waals surface area contributed by atoms with Gasteiger partial charge in [-0.3, -0.25) is 10.1 Å². The SMILES string of the molecule is CC(Nc1ccc([N+](=O)[O-])cc1Br)C1CCC1. The maximum absolute atomic E-state index is 10.6. The van der Waals surface area contributed by atoms with E-state index in [1.54, 1.807) is 6.07 Å². The average Bonchev–Trinajstić information content (AvgIpc) is 2.18. The van der Waals surface area contributed by atoms with Crippen molar-refractivity contribution in [2.75, 3.05) is 5.32 Å². The van der Waals surface area contributed by atoms with Crippen LogP contribution in [-0.2, 0) is 0 Å². The van der Waals surface area contributed by atoms with Gasteiger partial charge in [0.05, 0.1) is 4.92 Å². The number of nitrogens with zero attached hydrogens (tertiary/aromatic N) is 1. The summed E-state index contributed by atoms with van der Waals surface area (Å²) < 4.78 is 0.748. The number of nitro groups is 1. The van der Waals surface area contributed by atoms with E-state index in [1.807, 2.05) is 0 Å². The van der Waals surface area contributed by atoms with E-state index in [9.17, 15) is 10.1 Å². The first-order chi connectivity index (χ1) is 8.08. The van der Waals surface area contributed by atoms with Gasteiger partial charge in [0.15, 0.2) is 0 Å². The highest BCUT2D eigenvalue weighted by Gasteiger charge is 2.24. The van der Waals surface area contributed by atoms with Crippen LogP contribution in [0.3, 0.4) is 0 Å². The molecule has 0 aromatic heterocycles. The van der Waals surface area contributed by atoms with E-state index >= 15 is 0 Å². The van der Waals surface area contributed by atoms with E-state index in [2.05, 4.69) is 28.2 Å². The molecule has 0 spiro atoms. The van der Waals surface area contributed by atoms with Gasteiger partial charge in [0, 0.05) is 28.3 Å². The highest BCUT2D eigenvalue weighted by molar-refractivity contribution is 9.10. The molecule has 1 atom stereocenters. The molecular weight excluding hydrogens is 284 g/mol. The molecule has 0 saturated heterocycles. The summed E-state index contributed by atoms with van der Waals surface area (Å²) in [5, 5.41) is 14.0. The number of non-ortho nitro benzene ring substituents is 1. The molecule has 1 aromatic carbocycles. The van der Waals surface area contributed by atoms with Crippen molar-refractivity contribution in [2.45, 2.75) is 32.2 Å². The topological polar surface area (TPSA) is 55.2 Å². The molecule has 1 unspecified atom stereocenters. The molecule has 0 bridgehead atoms. The van der Waals surface area contributed by atoms with Crippen molar-refractivity contribution >= 4 is 27.3 Å². The molecule has 17 heavy (non-hydrogen) atoms. The van der Waals surface area contributed by atoms with Crippen LogP contribution in [0.25, 0.3) is 0 Å². The molecular formula is C12H15BrN2O2. The molecule has 1 aliphatic carbocycles. The van der Waals surface area contributed by atoms with Gasteiger partial charge in [-0.2, -0.15) is 0 Å². The van der Waals surface area contributed by atoms with Crippen LogP contribution in [0.2, 0.25) is 0 Å². The Kier molecular flexibility index (Phi) is 3.66. The van der Waals surface area contributed by atoms with E-state index in [1.165, 1.54) is 31.4 Å². The number of nitrogens with one attached hydrogen (secondary N) is 1. The van der Waals surface area contributed by atoms with Gasteiger partial charge in [0.25, 0.3) is 5.69 Å². The van der Waals surface area contributed by atoms with E-state index in [0.29, 0.717) is 6.04 Å². The smallest absolute Gasteiger partial charge is 0.270 e. The quantitative estimate of drug-likeness (QED) is 0.676. The molecule has 1 aromatic rings. The van der Waals surface area contributed by atoms with Crippen molar-refractivity contribution in [3.05, 3.63) is 32.8 Å². The number of rotatable bonds is 4. The van der Waals surface area contributed by atoms with Gasteiger partial charge >= 0.3 is 0 Å². The maximum Gasteiger partial charge on any atom is 0.270 e. The minimum absolute atomic E-state index is 0.110. The maximum atomic E-state index is 10.6. The summed E-state index contributed by atoms with van der Waals surface area (Å²) in [4.78, 5) is 10.2. The van der Waals surface area contributed by atoms with Crippen LogP contribution >= 0.6 is 15.9 Å². The van der Waals surface area contributed by atoms with E-state index < -0.39 is 0 Å². The number of halogens is 1. The molecule has 1 saturated carbocycles. The summed E-state index contributed by atoms with van der Waals surface area (Å²) in [5.41, 5.74) is 1.04. The Balaban J connectivity index is 2.07. The fourth-order valence-electron chi connectivity index (χ4n) is 2.04. The predicted octanol–water partition coefficient (Wildman–Crippen LogP) is 3.96. The predicted molar refractivity (Wildman–Crippen MR) is 71.2 cm³/mol. The number of hydrogen-bond acceptors (Lipinski definition) is 3. The molecule has 92 valence electrons. The zero-order valence-electron chi connectivity index (χ0n) is 9.65. The molecule has 0 radical (unpaired) electrons. The second-order valence-corrected chi connectivity index (χ2v) is 5.40. The lowest BCUT2D eigenvalue weighted by molar-refractivity contribution is -0.384. The Bertz CT molecular complexity index is 433. The van der Waals surface area contributed by atoms with Gasteiger partial charge in [-0.05, 0) is 47.7 Å². The van der Waals surface area contributed by atoms with Gasteiger partial charge in [-0.15, -0.1) is 0 Å². The Labute approximate surface area is 109 Å². The Morgan fingerprint density at radius 2 is 2.24 bits per heavy atom. The molecule has 5 heteroatoms. The highest BCUT2D eigenvalue weighted by atomic mass is 79.9. The Hall–Kier alpha value is -1.10. The first kappa shape index (κ1) is 12.4. The minimum atomic E-state index is -0.385. The standard InChI is InChI=1S/C12H15BrN2O2/c1-8(9-3-2-4-9)14-12-6-5-10(15(16)17)7-11(12)13/h5-9,14H,2-4H2,1H3. The van der Waals surface area contributed by atoms with Crippen molar-refractivity contribution in [3.63, 3.8) is 0 Å². The molecule has 1 fully saturated rings. The average molecular weight is 299 g/mol. The number of nitro benzene ring substituents is 1. The van der Waals surface area contributed by atoms with Crippen molar-refractivity contribution < 1.29 is 4.92 Å². The normalized spacial score (nSPS) is 17.3. The van der Waals surface area contributed by atoms with Crippen LogP contribution in [0.1, 0.15) is 26.2 Å². The van der Waals surface area contributed by atoms with E-state index in [0.717, 1.165) is 16.1 Å². The zero-order chi connectivity index (χ0) is 12.4. The van der Waals surface area contributed by atoms with Gasteiger partial charge in [-0.25, -0.2) is 0 Å². The third kappa shape index (κ3) is 2.77. The summed E-state index contributed by atoms with van der Waals surface area (Å²) in [7, 11) is 0. The molecule has 0 amide bonds. The highest BCUT2D eigenvalue weighted by Crippen LogP contribution is 2.33. The minimum Gasteiger partial charge on any atom is -0.381 e. The third-order valence-electron chi connectivity index (χ3n) is 3.40. The van der Waals surface area contributed by atoms with Gasteiger partial charge < -0.3 is 5.32 Å². The summed E-state index contributed by atoms with van der Waals surface area (Å²) in [5.74, 6) is 0.733. The molecule has 2 rings (SSSR count). The third-order valence-corrected chi connectivity index (χ3v) is 4.06. The fraction of sp³-hybridized carbons (Fsp3) is 0.500. The van der Waals surface area contributed by atoms with Crippen LogP contribution in [-0.4, -0.2) is 11.0 Å². The molecule has 0 aliphatic heterocycles. The van der Waals surface area contributed by atoms with Crippen LogP contribution in [0.4, 0.5) is 11.4 Å². The van der Waals surface area contributed by atoms with Crippen molar-refractivity contribution in [1.29, 1.82) is 0 Å². The lowest BCUT2D eigenvalue weighted by Crippen LogP contribution is -2.30. The second-order valence-electron chi connectivity index (χ2n) is 4.55. The monoisotopic (exact) mass is 298 g/mol. The molecule has 0 heterocycles. The van der Waals surface area contributed by atoms with Crippen LogP contribution in [0, 0.1) is 16.0 Å². The number of anilines is 1. The summed E-state index contributed by atoms with van der Waals surface area (Å²) in [6.45, 7) is 2.16. The molecule has 4 nitrogen and oxygen atoms in total. The Morgan fingerprint density at radius 1 is 1.53 bits per heavy atom. The summed E-state index contributed by atoms with van der Waals surface area (Å²) in [6.07, 6.45) is 3.87. The van der Waals surface area contributed by atoms with Crippen LogP contribution < -0.4 is 5.32 Å². The second kappa shape index (κ2) is 5.04. The van der Waals surface area contributed by atoms with Gasteiger partial charge in [0.1, 0.15) is 0 Å². The zero-order valence-corrected chi connectivity index (χ0v) is 11.2. The first-order valence-corrected chi connectivity index (χ1v) is 6.57. The fourth-order valence-corrected chi connectivity index (χ4v) is 2.52. The van der Waals surface area contributed by atoms with Crippen LogP contribution in [0.15, 0.2) is 22.7 Å². The lowest BCUT2D eigenvalue weighted by Gasteiger charge is -2.32. The van der Waals surface area contributed by atoms with Crippen molar-refractivity contribution in [2.24, 2.45) is 5.92 Å². The van der Waals surface area contributed by atoms with Crippen LogP contribution in [0.5, 0.6) is 0 Å². The van der Waals surface area contributed by atoms with Gasteiger partial charge in [0.2, 0.25) is 0 Å². The molecule has 1 N–H and O–H groups in total. The van der Waals surface area contributed by atoms with Crippen molar-refractivity contribution in [3.8, 4) is 0 Å². The van der Waals surface area contributed by atoms with E-state index in [-0.39, 0.29) is 10.6 Å². The Morgan fingerprint density at radius 3 is 2.71 bits per heavy atom. The van der Waals surface area contributed by atoms with E-state index in [4.69, 9.17) is 0 Å².